The number of carboxylic acids is 1. The molecule has 21 heavy (non-hydrogen) atoms. The molecule has 1 aromatic heterocycles. The summed E-state index contributed by atoms with van der Waals surface area (Å²) in [6.45, 7) is 5.89. The molecule has 0 aliphatic heterocycles. The number of hydrogen-bond donors (Lipinski definition) is 2. The van der Waals surface area contributed by atoms with E-state index < -0.39 is 23.8 Å². The molecule has 4 nitrogen and oxygen atoms in total. The van der Waals surface area contributed by atoms with Crippen LogP contribution in [0.4, 0.5) is 19.0 Å². The number of rotatable bonds is 5. The summed E-state index contributed by atoms with van der Waals surface area (Å²) < 4.78 is 37.3. The van der Waals surface area contributed by atoms with E-state index in [-0.39, 0.29) is 17.7 Å². The van der Waals surface area contributed by atoms with Gasteiger partial charge in [0.05, 0.1) is 12.0 Å². The van der Waals surface area contributed by atoms with Crippen LogP contribution in [0.2, 0.25) is 0 Å². The summed E-state index contributed by atoms with van der Waals surface area (Å²) in [5, 5.41) is 11.8. The van der Waals surface area contributed by atoms with Gasteiger partial charge in [0.1, 0.15) is 5.82 Å². The van der Waals surface area contributed by atoms with E-state index in [2.05, 4.69) is 10.3 Å². The van der Waals surface area contributed by atoms with E-state index in [1.54, 1.807) is 0 Å². The molecule has 2 N–H and O–H groups in total. The Bertz CT molecular complexity index is 478. The third-order valence-electron chi connectivity index (χ3n) is 2.72. The number of alkyl halides is 3. The molecule has 1 unspecified atom stereocenters. The molecule has 1 rings (SSSR count). The van der Waals surface area contributed by atoms with Gasteiger partial charge in [-0.05, 0) is 24.0 Å². The number of carbonyl (C=O) groups is 1. The monoisotopic (exact) mass is 304 g/mol. The average molecular weight is 304 g/mol. The number of nitrogens with zero attached hydrogens (tertiary/aromatic N) is 1. The van der Waals surface area contributed by atoms with E-state index >= 15 is 0 Å². The van der Waals surface area contributed by atoms with Gasteiger partial charge in [-0.1, -0.05) is 20.8 Å². The maximum Gasteiger partial charge on any atom is 0.417 e. The van der Waals surface area contributed by atoms with E-state index in [0.29, 0.717) is 6.42 Å². The minimum absolute atomic E-state index is 0.112. The highest BCUT2D eigenvalue weighted by atomic mass is 19.4. The largest absolute Gasteiger partial charge is 0.481 e. The van der Waals surface area contributed by atoms with Crippen LogP contribution in [0.5, 0.6) is 0 Å². The zero-order valence-electron chi connectivity index (χ0n) is 12.2. The van der Waals surface area contributed by atoms with Gasteiger partial charge in [-0.3, -0.25) is 4.79 Å². The highest BCUT2D eigenvalue weighted by Gasteiger charge is 2.30. The van der Waals surface area contributed by atoms with Gasteiger partial charge in [-0.25, -0.2) is 4.98 Å². The molecule has 118 valence electrons. The Morgan fingerprint density at radius 3 is 2.33 bits per heavy atom. The van der Waals surface area contributed by atoms with Crippen molar-refractivity contribution in [1.29, 1.82) is 0 Å². The SMILES string of the molecule is CC(C)(C)CC(CC(=O)O)Nc1ccc(C(F)(F)F)cn1. The van der Waals surface area contributed by atoms with Crippen molar-refractivity contribution >= 4 is 11.8 Å². The number of aromatic nitrogens is 1. The molecule has 7 heteroatoms. The van der Waals surface area contributed by atoms with Crippen LogP contribution in [0.25, 0.3) is 0 Å². The van der Waals surface area contributed by atoms with Crippen LogP contribution in [0.3, 0.4) is 0 Å². The van der Waals surface area contributed by atoms with E-state index in [1.807, 2.05) is 20.8 Å². The molecule has 0 amide bonds. The fraction of sp³-hybridized carbons (Fsp3) is 0.571. The first kappa shape index (κ1) is 17.3. The smallest absolute Gasteiger partial charge is 0.417 e. The van der Waals surface area contributed by atoms with Gasteiger partial charge in [0.15, 0.2) is 0 Å². The molecule has 0 saturated carbocycles. The second kappa shape index (κ2) is 6.32. The zero-order valence-corrected chi connectivity index (χ0v) is 12.2. The molecular weight excluding hydrogens is 285 g/mol. The first-order valence-corrected chi connectivity index (χ1v) is 6.49. The maximum atomic E-state index is 12.4. The van der Waals surface area contributed by atoms with Crippen molar-refractivity contribution in [3.8, 4) is 0 Å². The van der Waals surface area contributed by atoms with Crippen molar-refractivity contribution < 1.29 is 23.1 Å². The fourth-order valence-electron chi connectivity index (χ4n) is 1.98. The number of hydrogen-bond acceptors (Lipinski definition) is 3. The lowest BCUT2D eigenvalue weighted by atomic mass is 9.87. The van der Waals surface area contributed by atoms with Crippen molar-refractivity contribution in [3.63, 3.8) is 0 Å². The van der Waals surface area contributed by atoms with E-state index in [4.69, 9.17) is 5.11 Å². The second-order valence-electron chi connectivity index (χ2n) is 6.13. The number of nitrogens with one attached hydrogen (secondary N) is 1. The Balaban J connectivity index is 2.81. The summed E-state index contributed by atoms with van der Waals surface area (Å²) in [6.07, 6.45) is -3.27. The maximum absolute atomic E-state index is 12.4. The van der Waals surface area contributed by atoms with Crippen LogP contribution < -0.4 is 5.32 Å². The van der Waals surface area contributed by atoms with Crippen molar-refractivity contribution in [2.45, 2.75) is 45.8 Å². The molecule has 0 radical (unpaired) electrons. The highest BCUT2D eigenvalue weighted by Crippen LogP contribution is 2.29. The Morgan fingerprint density at radius 2 is 1.95 bits per heavy atom. The normalized spacial score (nSPS) is 13.8. The van der Waals surface area contributed by atoms with Crippen molar-refractivity contribution in [1.82, 2.24) is 4.98 Å². The molecule has 1 aromatic rings. The first-order valence-electron chi connectivity index (χ1n) is 6.49. The molecule has 0 spiro atoms. The zero-order chi connectivity index (χ0) is 16.3. The predicted octanol–water partition coefficient (Wildman–Crippen LogP) is 3.79. The molecule has 0 aromatic carbocycles. The standard InChI is InChI=1S/C14H19F3N2O2/c1-13(2,3)7-10(6-12(20)21)19-11-5-4-9(8-18-11)14(15,16)17/h4-5,8,10H,6-7H2,1-3H3,(H,18,19)(H,20,21). The number of pyridine rings is 1. The fourth-order valence-corrected chi connectivity index (χ4v) is 1.98. The summed E-state index contributed by atoms with van der Waals surface area (Å²) in [5.74, 6) is -0.734. The molecule has 0 aliphatic rings. The van der Waals surface area contributed by atoms with Crippen molar-refractivity contribution in [3.05, 3.63) is 23.9 Å². The van der Waals surface area contributed by atoms with Gasteiger partial charge in [-0.2, -0.15) is 13.2 Å². The summed E-state index contributed by atoms with van der Waals surface area (Å²) >= 11 is 0. The molecule has 1 atom stereocenters. The number of halogens is 3. The van der Waals surface area contributed by atoms with E-state index in [9.17, 15) is 18.0 Å². The summed E-state index contributed by atoms with van der Waals surface area (Å²) in [7, 11) is 0. The quantitative estimate of drug-likeness (QED) is 0.868. The second-order valence-corrected chi connectivity index (χ2v) is 6.13. The molecule has 0 fully saturated rings. The number of carboxylic acid groups (broad SMARTS) is 1. The Kier molecular flexibility index (Phi) is 5.20. The Morgan fingerprint density at radius 1 is 1.33 bits per heavy atom. The minimum Gasteiger partial charge on any atom is -0.481 e. The molecule has 1 heterocycles. The summed E-state index contributed by atoms with van der Waals surface area (Å²) in [4.78, 5) is 14.6. The van der Waals surface area contributed by atoms with Crippen molar-refractivity contribution in [2.24, 2.45) is 5.41 Å². The summed E-state index contributed by atoms with van der Waals surface area (Å²) in [6, 6.07) is 1.73. The van der Waals surface area contributed by atoms with Gasteiger partial charge >= 0.3 is 12.1 Å². The third-order valence-corrected chi connectivity index (χ3v) is 2.72. The van der Waals surface area contributed by atoms with Gasteiger partial charge in [0.25, 0.3) is 0 Å². The van der Waals surface area contributed by atoms with Gasteiger partial charge in [0, 0.05) is 12.2 Å². The minimum atomic E-state index is -4.43. The molecule has 0 aliphatic carbocycles. The van der Waals surface area contributed by atoms with E-state index in [0.717, 1.165) is 12.3 Å². The van der Waals surface area contributed by atoms with Crippen LogP contribution in [-0.4, -0.2) is 22.1 Å². The third kappa shape index (κ3) is 6.46. The first-order chi connectivity index (χ1) is 9.47. The van der Waals surface area contributed by atoms with Crippen LogP contribution in [0.15, 0.2) is 18.3 Å². The molecular formula is C14H19F3N2O2. The van der Waals surface area contributed by atoms with E-state index in [1.165, 1.54) is 6.07 Å². The van der Waals surface area contributed by atoms with Gasteiger partial charge in [-0.15, -0.1) is 0 Å². The topological polar surface area (TPSA) is 62.2 Å². The number of aliphatic carboxylic acids is 1. The van der Waals surface area contributed by atoms with Crippen LogP contribution in [0.1, 0.15) is 39.2 Å². The van der Waals surface area contributed by atoms with Crippen molar-refractivity contribution in [2.75, 3.05) is 5.32 Å². The lowest BCUT2D eigenvalue weighted by Gasteiger charge is -2.26. The predicted molar refractivity (Wildman–Crippen MR) is 73.0 cm³/mol. The van der Waals surface area contributed by atoms with Crippen LogP contribution in [-0.2, 0) is 11.0 Å². The van der Waals surface area contributed by atoms with Gasteiger partial charge in [0.2, 0.25) is 0 Å². The lowest BCUT2D eigenvalue weighted by Crippen LogP contribution is -2.28. The van der Waals surface area contributed by atoms with Crippen LogP contribution >= 0.6 is 0 Å². The lowest BCUT2D eigenvalue weighted by molar-refractivity contribution is -0.138. The van der Waals surface area contributed by atoms with Crippen LogP contribution in [0, 0.1) is 5.41 Å². The highest BCUT2D eigenvalue weighted by molar-refractivity contribution is 5.68. The molecule has 0 bridgehead atoms. The van der Waals surface area contributed by atoms with Gasteiger partial charge < -0.3 is 10.4 Å². The number of anilines is 1. The average Bonchev–Trinajstić information content (AvgIpc) is 2.24. The molecule has 0 saturated heterocycles. The Hall–Kier alpha value is -1.79. The Labute approximate surface area is 121 Å². The summed E-state index contributed by atoms with van der Waals surface area (Å²) in [5.41, 5.74) is -0.947.